The standard InChI is InChI=1S/C15H19N3O2/c19-14-15(20)18(9-8-17-14)13-5-3-11(4-6-13)12-2-1-7-16-10-12/h3-6,12,16H,1-2,7-10H2,(H,17,19). The molecule has 2 aliphatic rings. The van der Waals surface area contributed by atoms with Crippen LogP contribution in [0.2, 0.25) is 0 Å². The number of carbonyl (C=O) groups is 2. The zero-order valence-corrected chi connectivity index (χ0v) is 11.4. The fraction of sp³-hybridized carbons (Fsp3) is 0.467. The van der Waals surface area contributed by atoms with Gasteiger partial charge in [-0.1, -0.05) is 12.1 Å². The number of benzene rings is 1. The van der Waals surface area contributed by atoms with Crippen molar-refractivity contribution >= 4 is 17.5 Å². The molecule has 0 saturated carbocycles. The van der Waals surface area contributed by atoms with Crippen molar-refractivity contribution in [1.82, 2.24) is 10.6 Å². The second kappa shape index (κ2) is 5.63. The van der Waals surface area contributed by atoms with Crippen molar-refractivity contribution < 1.29 is 9.59 Å². The first-order chi connectivity index (χ1) is 9.75. The van der Waals surface area contributed by atoms with E-state index in [-0.39, 0.29) is 0 Å². The van der Waals surface area contributed by atoms with Crippen LogP contribution in [-0.4, -0.2) is 38.0 Å². The lowest BCUT2D eigenvalue weighted by atomic mass is 9.91. The number of rotatable bonds is 2. The summed E-state index contributed by atoms with van der Waals surface area (Å²) in [6.07, 6.45) is 2.41. The van der Waals surface area contributed by atoms with Crippen LogP contribution in [0.5, 0.6) is 0 Å². The van der Waals surface area contributed by atoms with E-state index < -0.39 is 11.8 Å². The van der Waals surface area contributed by atoms with Gasteiger partial charge in [0.2, 0.25) is 0 Å². The summed E-state index contributed by atoms with van der Waals surface area (Å²) in [6, 6.07) is 8.04. The quantitative estimate of drug-likeness (QED) is 0.776. The number of nitrogens with one attached hydrogen (secondary N) is 2. The van der Waals surface area contributed by atoms with Crippen LogP contribution in [0.1, 0.15) is 24.3 Å². The Bertz CT molecular complexity index is 506. The van der Waals surface area contributed by atoms with Gasteiger partial charge < -0.3 is 15.5 Å². The molecule has 2 amide bonds. The molecule has 2 heterocycles. The van der Waals surface area contributed by atoms with E-state index in [2.05, 4.69) is 22.8 Å². The first-order valence-electron chi connectivity index (χ1n) is 7.16. The topological polar surface area (TPSA) is 61.4 Å². The number of piperazine rings is 1. The molecule has 1 aromatic carbocycles. The molecule has 0 bridgehead atoms. The maximum Gasteiger partial charge on any atom is 0.316 e. The van der Waals surface area contributed by atoms with Crippen LogP contribution in [0.4, 0.5) is 5.69 Å². The highest BCUT2D eigenvalue weighted by Crippen LogP contribution is 2.25. The van der Waals surface area contributed by atoms with E-state index in [0.717, 1.165) is 18.8 Å². The van der Waals surface area contributed by atoms with Gasteiger partial charge in [0.05, 0.1) is 0 Å². The minimum atomic E-state index is -0.517. The molecule has 3 rings (SSSR count). The van der Waals surface area contributed by atoms with Crippen molar-refractivity contribution in [2.45, 2.75) is 18.8 Å². The third-order valence-corrected chi connectivity index (χ3v) is 4.03. The molecule has 20 heavy (non-hydrogen) atoms. The second-order valence-corrected chi connectivity index (χ2v) is 5.35. The third-order valence-electron chi connectivity index (χ3n) is 4.03. The molecule has 5 heteroatoms. The number of nitrogens with zero attached hydrogens (tertiary/aromatic N) is 1. The number of hydrogen-bond acceptors (Lipinski definition) is 3. The Morgan fingerprint density at radius 3 is 2.60 bits per heavy atom. The molecule has 0 aliphatic carbocycles. The van der Waals surface area contributed by atoms with Crippen LogP contribution < -0.4 is 15.5 Å². The number of hydrogen-bond donors (Lipinski definition) is 2. The van der Waals surface area contributed by atoms with E-state index >= 15 is 0 Å². The highest BCUT2D eigenvalue weighted by molar-refractivity contribution is 6.41. The summed E-state index contributed by atoms with van der Waals surface area (Å²) in [7, 11) is 0. The van der Waals surface area contributed by atoms with E-state index in [9.17, 15) is 9.59 Å². The lowest BCUT2D eigenvalue weighted by Gasteiger charge is -2.27. The van der Waals surface area contributed by atoms with Gasteiger partial charge in [0.25, 0.3) is 0 Å². The molecule has 2 N–H and O–H groups in total. The van der Waals surface area contributed by atoms with Crippen LogP contribution in [0.3, 0.4) is 0 Å². The summed E-state index contributed by atoms with van der Waals surface area (Å²) in [6.45, 7) is 3.17. The third kappa shape index (κ3) is 2.54. The Morgan fingerprint density at radius 2 is 1.90 bits per heavy atom. The van der Waals surface area contributed by atoms with Gasteiger partial charge >= 0.3 is 11.8 Å². The summed E-state index contributed by atoms with van der Waals surface area (Å²) >= 11 is 0. The molecule has 1 unspecified atom stereocenters. The minimum Gasteiger partial charge on any atom is -0.346 e. The first kappa shape index (κ1) is 13.1. The maximum absolute atomic E-state index is 11.8. The van der Waals surface area contributed by atoms with Crippen molar-refractivity contribution in [2.24, 2.45) is 0 Å². The minimum absolute atomic E-state index is 0.469. The molecule has 2 fully saturated rings. The molecule has 0 radical (unpaired) electrons. The van der Waals surface area contributed by atoms with Crippen molar-refractivity contribution in [3.05, 3.63) is 29.8 Å². The van der Waals surface area contributed by atoms with E-state index in [1.807, 2.05) is 12.1 Å². The number of piperidine rings is 1. The van der Waals surface area contributed by atoms with E-state index in [1.54, 1.807) is 4.90 Å². The van der Waals surface area contributed by atoms with E-state index in [1.165, 1.54) is 18.4 Å². The highest BCUT2D eigenvalue weighted by atomic mass is 16.2. The lowest BCUT2D eigenvalue weighted by Crippen LogP contribution is -2.52. The van der Waals surface area contributed by atoms with Gasteiger partial charge in [-0.25, -0.2) is 0 Å². The zero-order valence-electron chi connectivity index (χ0n) is 11.4. The van der Waals surface area contributed by atoms with Gasteiger partial charge in [0.1, 0.15) is 0 Å². The Balaban J connectivity index is 1.75. The van der Waals surface area contributed by atoms with E-state index in [4.69, 9.17) is 0 Å². The van der Waals surface area contributed by atoms with Gasteiger partial charge in [-0.05, 0) is 43.0 Å². The molecule has 0 aromatic heterocycles. The van der Waals surface area contributed by atoms with Crippen LogP contribution in [0, 0.1) is 0 Å². The predicted octanol–water partition coefficient (Wildman–Crippen LogP) is 0.616. The predicted molar refractivity (Wildman–Crippen MR) is 76.6 cm³/mol. The van der Waals surface area contributed by atoms with Crippen LogP contribution in [0.25, 0.3) is 0 Å². The van der Waals surface area contributed by atoms with Crippen LogP contribution >= 0.6 is 0 Å². The normalized spacial score (nSPS) is 23.6. The molecule has 2 saturated heterocycles. The molecule has 106 valence electrons. The van der Waals surface area contributed by atoms with Gasteiger partial charge in [-0.2, -0.15) is 0 Å². The first-order valence-corrected chi connectivity index (χ1v) is 7.16. The van der Waals surface area contributed by atoms with Gasteiger partial charge in [0, 0.05) is 25.3 Å². The molecule has 1 aromatic rings. The highest BCUT2D eigenvalue weighted by Gasteiger charge is 2.27. The van der Waals surface area contributed by atoms with Crippen molar-refractivity contribution in [3.63, 3.8) is 0 Å². The average molecular weight is 273 g/mol. The van der Waals surface area contributed by atoms with Crippen LogP contribution in [-0.2, 0) is 9.59 Å². The fourth-order valence-corrected chi connectivity index (χ4v) is 2.89. The van der Waals surface area contributed by atoms with Crippen molar-refractivity contribution in [3.8, 4) is 0 Å². The lowest BCUT2D eigenvalue weighted by molar-refractivity contribution is -0.138. The van der Waals surface area contributed by atoms with E-state index in [0.29, 0.717) is 19.0 Å². The summed E-state index contributed by atoms with van der Waals surface area (Å²) in [5.74, 6) is -0.432. The second-order valence-electron chi connectivity index (χ2n) is 5.35. The Kier molecular flexibility index (Phi) is 3.69. The fourth-order valence-electron chi connectivity index (χ4n) is 2.89. The number of amides is 2. The smallest absolute Gasteiger partial charge is 0.316 e. The molecule has 5 nitrogen and oxygen atoms in total. The molecule has 1 atom stereocenters. The van der Waals surface area contributed by atoms with Crippen molar-refractivity contribution in [2.75, 3.05) is 31.1 Å². The Labute approximate surface area is 118 Å². The molecular formula is C15H19N3O2. The Hall–Kier alpha value is -1.88. The summed E-state index contributed by atoms with van der Waals surface area (Å²) in [5.41, 5.74) is 2.10. The van der Waals surface area contributed by atoms with Gasteiger partial charge in [-0.3, -0.25) is 9.59 Å². The van der Waals surface area contributed by atoms with Gasteiger partial charge in [-0.15, -0.1) is 0 Å². The largest absolute Gasteiger partial charge is 0.346 e. The van der Waals surface area contributed by atoms with Gasteiger partial charge in [0.15, 0.2) is 0 Å². The summed E-state index contributed by atoms with van der Waals surface area (Å²) in [5, 5.41) is 5.96. The van der Waals surface area contributed by atoms with Crippen LogP contribution in [0.15, 0.2) is 24.3 Å². The van der Waals surface area contributed by atoms with Crippen molar-refractivity contribution in [1.29, 1.82) is 0 Å². The molecular weight excluding hydrogens is 254 g/mol. The zero-order chi connectivity index (χ0) is 13.9. The SMILES string of the molecule is O=C1NCCN(c2ccc(C3CCCNC3)cc2)C1=O. The number of anilines is 1. The summed E-state index contributed by atoms with van der Waals surface area (Å²) < 4.78 is 0. The molecule has 0 spiro atoms. The Morgan fingerprint density at radius 1 is 1.10 bits per heavy atom. The monoisotopic (exact) mass is 273 g/mol. The maximum atomic E-state index is 11.8. The average Bonchev–Trinajstić information content (AvgIpc) is 2.51. The summed E-state index contributed by atoms with van der Waals surface area (Å²) in [4.78, 5) is 24.7. The molecule has 2 aliphatic heterocycles. The number of carbonyl (C=O) groups excluding carboxylic acids is 2.